The monoisotopic (exact) mass is 286 g/mol. The van der Waals surface area contributed by atoms with E-state index in [0.29, 0.717) is 0 Å². The maximum atomic E-state index is 3.45. The average Bonchev–Trinajstić information content (AvgIpc) is 2.99. The molecule has 20 heavy (non-hydrogen) atoms. The van der Waals surface area contributed by atoms with Crippen LogP contribution in [-0.4, -0.2) is 25.0 Å². The zero-order valence-corrected chi connectivity index (χ0v) is 12.9. The van der Waals surface area contributed by atoms with Gasteiger partial charge in [0.2, 0.25) is 0 Å². The molecule has 1 N–H and O–H groups in total. The number of hydrogen-bond acceptors (Lipinski definition) is 3. The lowest BCUT2D eigenvalue weighted by atomic mass is 9.95. The van der Waals surface area contributed by atoms with Crippen LogP contribution in [-0.2, 0) is 25.9 Å². The third-order valence-electron chi connectivity index (χ3n) is 4.00. The van der Waals surface area contributed by atoms with Crippen LogP contribution < -0.4 is 5.32 Å². The predicted molar refractivity (Wildman–Crippen MR) is 86.2 cm³/mol. The van der Waals surface area contributed by atoms with E-state index < -0.39 is 0 Å². The fourth-order valence-electron chi connectivity index (χ4n) is 2.88. The molecular formula is C17H22N2S. The first-order chi connectivity index (χ1) is 9.83. The van der Waals surface area contributed by atoms with Crippen LogP contribution in [0.15, 0.2) is 35.7 Å². The summed E-state index contributed by atoms with van der Waals surface area (Å²) in [4.78, 5) is 3.92. The zero-order valence-electron chi connectivity index (χ0n) is 12.1. The van der Waals surface area contributed by atoms with E-state index in [1.807, 2.05) is 11.3 Å². The standard InChI is InChI=1S/C17H22N2S/c1-19(10-8-16-6-3-11-20-16)13-15-5-2-4-14-12-18-9-7-17(14)15/h2-6,11,18H,7-10,12-13H2,1H3. The van der Waals surface area contributed by atoms with Gasteiger partial charge < -0.3 is 10.2 Å². The number of likely N-dealkylation sites (N-methyl/N-ethyl adjacent to an activating group) is 1. The maximum Gasteiger partial charge on any atom is 0.0233 e. The lowest BCUT2D eigenvalue weighted by Gasteiger charge is -2.23. The molecule has 0 saturated heterocycles. The first kappa shape index (κ1) is 13.8. The second-order valence-electron chi connectivity index (χ2n) is 5.55. The third kappa shape index (κ3) is 3.29. The fourth-order valence-corrected chi connectivity index (χ4v) is 3.58. The molecule has 0 atom stereocenters. The molecule has 0 radical (unpaired) electrons. The second-order valence-corrected chi connectivity index (χ2v) is 6.58. The third-order valence-corrected chi connectivity index (χ3v) is 4.93. The number of nitrogens with one attached hydrogen (secondary N) is 1. The van der Waals surface area contributed by atoms with Crippen LogP contribution in [0, 0.1) is 0 Å². The van der Waals surface area contributed by atoms with Crippen molar-refractivity contribution in [1.82, 2.24) is 10.2 Å². The second kappa shape index (κ2) is 6.53. The minimum Gasteiger partial charge on any atom is -0.312 e. The summed E-state index contributed by atoms with van der Waals surface area (Å²) in [6, 6.07) is 11.1. The summed E-state index contributed by atoms with van der Waals surface area (Å²) in [5.41, 5.74) is 4.58. The average molecular weight is 286 g/mol. The first-order valence-corrected chi connectivity index (χ1v) is 8.22. The highest BCUT2D eigenvalue weighted by Gasteiger charge is 2.13. The van der Waals surface area contributed by atoms with Gasteiger partial charge in [-0.15, -0.1) is 11.3 Å². The SMILES string of the molecule is CN(CCc1cccs1)Cc1cccc2c1CCNC2. The van der Waals surface area contributed by atoms with E-state index >= 15 is 0 Å². The van der Waals surface area contributed by atoms with Crippen molar-refractivity contribution in [1.29, 1.82) is 0 Å². The van der Waals surface area contributed by atoms with Crippen molar-refractivity contribution in [2.45, 2.75) is 25.9 Å². The van der Waals surface area contributed by atoms with Crippen LogP contribution >= 0.6 is 11.3 Å². The molecule has 0 saturated carbocycles. The van der Waals surface area contributed by atoms with Gasteiger partial charge in [-0.1, -0.05) is 24.3 Å². The smallest absolute Gasteiger partial charge is 0.0233 e. The molecule has 2 heterocycles. The van der Waals surface area contributed by atoms with E-state index in [9.17, 15) is 0 Å². The molecule has 0 fully saturated rings. The van der Waals surface area contributed by atoms with Gasteiger partial charge in [0.15, 0.2) is 0 Å². The minimum atomic E-state index is 1.03. The van der Waals surface area contributed by atoms with Gasteiger partial charge in [-0.25, -0.2) is 0 Å². The molecule has 1 aromatic heterocycles. The predicted octanol–water partition coefficient (Wildman–Crippen LogP) is 3.07. The maximum absolute atomic E-state index is 3.45. The number of nitrogens with zero attached hydrogens (tertiary/aromatic N) is 1. The summed E-state index contributed by atoms with van der Waals surface area (Å²) in [5, 5.41) is 5.62. The molecule has 0 spiro atoms. The van der Waals surface area contributed by atoms with Crippen molar-refractivity contribution in [2.75, 3.05) is 20.1 Å². The molecule has 106 valence electrons. The lowest BCUT2D eigenvalue weighted by molar-refractivity contribution is 0.330. The van der Waals surface area contributed by atoms with E-state index in [1.165, 1.54) is 22.4 Å². The van der Waals surface area contributed by atoms with Crippen LogP contribution in [0.1, 0.15) is 21.6 Å². The van der Waals surface area contributed by atoms with Gasteiger partial charge in [0, 0.05) is 24.5 Å². The highest BCUT2D eigenvalue weighted by Crippen LogP contribution is 2.20. The molecule has 0 bridgehead atoms. The molecule has 1 aliphatic heterocycles. The van der Waals surface area contributed by atoms with Gasteiger partial charge in [0.05, 0.1) is 0 Å². The Morgan fingerprint density at radius 2 is 2.20 bits per heavy atom. The van der Waals surface area contributed by atoms with E-state index in [2.05, 4.69) is 53.0 Å². The highest BCUT2D eigenvalue weighted by atomic mass is 32.1. The van der Waals surface area contributed by atoms with Gasteiger partial charge in [0.1, 0.15) is 0 Å². The van der Waals surface area contributed by atoms with E-state index in [4.69, 9.17) is 0 Å². The van der Waals surface area contributed by atoms with Crippen LogP contribution in [0.25, 0.3) is 0 Å². The Labute approximate surface area is 125 Å². The van der Waals surface area contributed by atoms with Crippen LogP contribution in [0.3, 0.4) is 0 Å². The summed E-state index contributed by atoms with van der Waals surface area (Å²) in [6.07, 6.45) is 2.33. The molecule has 3 rings (SSSR count). The van der Waals surface area contributed by atoms with Gasteiger partial charge in [-0.05, 0) is 54.6 Å². The summed E-state index contributed by atoms with van der Waals surface area (Å²) in [6.45, 7) is 4.34. The van der Waals surface area contributed by atoms with Gasteiger partial charge in [-0.2, -0.15) is 0 Å². The Hall–Kier alpha value is -1.16. The van der Waals surface area contributed by atoms with Crippen molar-refractivity contribution < 1.29 is 0 Å². The molecule has 0 aliphatic carbocycles. The van der Waals surface area contributed by atoms with Crippen molar-refractivity contribution >= 4 is 11.3 Å². The summed E-state index contributed by atoms with van der Waals surface area (Å²) in [7, 11) is 2.23. The Kier molecular flexibility index (Phi) is 4.51. The number of thiophene rings is 1. The topological polar surface area (TPSA) is 15.3 Å². The Bertz CT molecular complexity index is 548. The van der Waals surface area contributed by atoms with Crippen molar-refractivity contribution in [3.05, 3.63) is 57.3 Å². The molecule has 0 amide bonds. The summed E-state index contributed by atoms with van der Waals surface area (Å²) in [5.74, 6) is 0. The molecule has 1 aliphatic rings. The number of fused-ring (bicyclic) bond motifs is 1. The van der Waals surface area contributed by atoms with Gasteiger partial charge in [-0.3, -0.25) is 0 Å². The molecule has 2 aromatic rings. The normalized spacial score (nSPS) is 14.5. The van der Waals surface area contributed by atoms with Crippen molar-refractivity contribution in [3.63, 3.8) is 0 Å². The molecule has 1 aromatic carbocycles. The first-order valence-electron chi connectivity index (χ1n) is 7.34. The Morgan fingerprint density at radius 1 is 1.25 bits per heavy atom. The van der Waals surface area contributed by atoms with Gasteiger partial charge in [0.25, 0.3) is 0 Å². The molecule has 3 heteroatoms. The number of benzene rings is 1. The molecule has 2 nitrogen and oxygen atoms in total. The number of hydrogen-bond donors (Lipinski definition) is 1. The summed E-state index contributed by atoms with van der Waals surface area (Å²) < 4.78 is 0. The fraction of sp³-hybridized carbons (Fsp3) is 0.412. The number of rotatable bonds is 5. The Morgan fingerprint density at radius 3 is 3.05 bits per heavy atom. The quantitative estimate of drug-likeness (QED) is 0.909. The van der Waals surface area contributed by atoms with Crippen LogP contribution in [0.4, 0.5) is 0 Å². The van der Waals surface area contributed by atoms with E-state index in [0.717, 1.165) is 32.6 Å². The largest absolute Gasteiger partial charge is 0.312 e. The minimum absolute atomic E-state index is 1.03. The zero-order chi connectivity index (χ0) is 13.8. The van der Waals surface area contributed by atoms with E-state index in [-0.39, 0.29) is 0 Å². The van der Waals surface area contributed by atoms with Gasteiger partial charge >= 0.3 is 0 Å². The van der Waals surface area contributed by atoms with Crippen molar-refractivity contribution in [2.24, 2.45) is 0 Å². The van der Waals surface area contributed by atoms with E-state index in [1.54, 1.807) is 5.56 Å². The Balaban J connectivity index is 1.62. The van der Waals surface area contributed by atoms with Crippen LogP contribution in [0.2, 0.25) is 0 Å². The highest BCUT2D eigenvalue weighted by molar-refractivity contribution is 7.09. The molecule has 0 unspecified atom stereocenters. The summed E-state index contributed by atoms with van der Waals surface area (Å²) >= 11 is 1.86. The van der Waals surface area contributed by atoms with Crippen LogP contribution in [0.5, 0.6) is 0 Å². The lowest BCUT2D eigenvalue weighted by Crippen LogP contribution is -2.27. The molecular weight excluding hydrogens is 264 g/mol. The van der Waals surface area contributed by atoms with Crippen molar-refractivity contribution in [3.8, 4) is 0 Å².